The van der Waals surface area contributed by atoms with Gasteiger partial charge in [-0.1, -0.05) is 13.8 Å². The second-order valence-electron chi connectivity index (χ2n) is 4.02. The molecule has 0 amide bonds. The van der Waals surface area contributed by atoms with Gasteiger partial charge >= 0.3 is 0 Å². The molecule has 1 aliphatic carbocycles. The molecule has 2 rings (SSSR count). The third kappa shape index (κ3) is 1.22. The fourth-order valence-electron chi connectivity index (χ4n) is 1.43. The van der Waals surface area contributed by atoms with Gasteiger partial charge in [-0.25, -0.2) is 4.98 Å². The molecule has 1 aliphatic rings. The molecule has 1 heterocycles. The van der Waals surface area contributed by atoms with Gasteiger partial charge in [-0.05, 0) is 11.8 Å². The Bertz CT molecular complexity index is 292. The van der Waals surface area contributed by atoms with Crippen LogP contribution in [0.1, 0.15) is 37.8 Å². The van der Waals surface area contributed by atoms with Gasteiger partial charge in [0.05, 0.1) is 5.88 Å². The van der Waals surface area contributed by atoms with Crippen LogP contribution in [0.3, 0.4) is 0 Å². The number of aromatic amines is 1. The maximum Gasteiger partial charge on any atom is 0.154 e. The number of nitrogens with zero attached hydrogens (tertiary/aromatic N) is 2. The number of H-pyrrole nitrogens is 1. The van der Waals surface area contributed by atoms with Crippen LogP contribution in [0.15, 0.2) is 0 Å². The minimum Gasteiger partial charge on any atom is -0.262 e. The highest BCUT2D eigenvalue weighted by atomic mass is 35.5. The van der Waals surface area contributed by atoms with E-state index < -0.39 is 0 Å². The van der Waals surface area contributed by atoms with Crippen LogP contribution in [0.4, 0.5) is 0 Å². The van der Waals surface area contributed by atoms with Gasteiger partial charge in [0.25, 0.3) is 0 Å². The van der Waals surface area contributed by atoms with Crippen molar-refractivity contribution in [2.45, 2.75) is 32.1 Å². The third-order valence-corrected chi connectivity index (χ3v) is 2.75. The monoisotopic (exact) mass is 185 g/mol. The zero-order valence-electron chi connectivity index (χ0n) is 7.26. The summed E-state index contributed by atoms with van der Waals surface area (Å²) in [6, 6.07) is 0. The van der Waals surface area contributed by atoms with E-state index in [2.05, 4.69) is 29.0 Å². The minimum absolute atomic E-state index is 0.395. The van der Waals surface area contributed by atoms with Crippen molar-refractivity contribution in [2.24, 2.45) is 5.41 Å². The van der Waals surface area contributed by atoms with Crippen LogP contribution in [-0.4, -0.2) is 15.2 Å². The second kappa shape index (κ2) is 2.46. The van der Waals surface area contributed by atoms with Gasteiger partial charge in [0.2, 0.25) is 0 Å². The maximum absolute atomic E-state index is 5.60. The lowest BCUT2D eigenvalue weighted by molar-refractivity contribution is 0.609. The summed E-state index contributed by atoms with van der Waals surface area (Å²) < 4.78 is 0. The number of aromatic nitrogens is 3. The predicted molar refractivity (Wildman–Crippen MR) is 47.1 cm³/mol. The van der Waals surface area contributed by atoms with E-state index in [-0.39, 0.29) is 0 Å². The summed E-state index contributed by atoms with van der Waals surface area (Å²) in [5, 5.41) is 6.95. The SMILES string of the molecule is CC1(C)CC1c1n[nH]c(CCl)n1. The molecular formula is C8H12ClN3. The quantitative estimate of drug-likeness (QED) is 0.717. The number of halogens is 1. The first-order valence-electron chi connectivity index (χ1n) is 4.10. The molecule has 12 heavy (non-hydrogen) atoms. The highest BCUT2D eigenvalue weighted by molar-refractivity contribution is 6.16. The molecule has 0 saturated heterocycles. The van der Waals surface area contributed by atoms with Crippen molar-refractivity contribution in [2.75, 3.05) is 0 Å². The van der Waals surface area contributed by atoms with Crippen molar-refractivity contribution >= 4 is 11.6 Å². The summed E-state index contributed by atoms with van der Waals surface area (Å²) in [5.74, 6) is 2.65. The molecule has 0 aliphatic heterocycles. The van der Waals surface area contributed by atoms with Gasteiger partial charge < -0.3 is 0 Å². The van der Waals surface area contributed by atoms with E-state index in [9.17, 15) is 0 Å². The highest BCUT2D eigenvalue weighted by Gasteiger charge is 2.49. The Morgan fingerprint density at radius 1 is 1.67 bits per heavy atom. The van der Waals surface area contributed by atoms with E-state index >= 15 is 0 Å². The fraction of sp³-hybridized carbons (Fsp3) is 0.750. The first-order valence-corrected chi connectivity index (χ1v) is 4.64. The first-order chi connectivity index (χ1) is 5.63. The first kappa shape index (κ1) is 8.05. The maximum atomic E-state index is 5.60. The minimum atomic E-state index is 0.395. The Kier molecular flexibility index (Phi) is 1.65. The molecule has 1 unspecified atom stereocenters. The van der Waals surface area contributed by atoms with Crippen LogP contribution in [0.5, 0.6) is 0 Å². The number of nitrogens with one attached hydrogen (secondary N) is 1. The van der Waals surface area contributed by atoms with Crippen molar-refractivity contribution in [1.29, 1.82) is 0 Å². The highest BCUT2D eigenvalue weighted by Crippen LogP contribution is 2.57. The number of rotatable bonds is 2. The Morgan fingerprint density at radius 2 is 2.33 bits per heavy atom. The molecular weight excluding hydrogens is 174 g/mol. The lowest BCUT2D eigenvalue weighted by atomic mass is 10.1. The van der Waals surface area contributed by atoms with Gasteiger partial charge in [0.1, 0.15) is 5.82 Å². The molecule has 1 saturated carbocycles. The number of hydrogen-bond acceptors (Lipinski definition) is 2. The average molecular weight is 186 g/mol. The fourth-order valence-corrected chi connectivity index (χ4v) is 1.55. The summed E-state index contributed by atoms with van der Waals surface area (Å²) >= 11 is 5.60. The molecule has 0 bridgehead atoms. The van der Waals surface area contributed by atoms with Gasteiger partial charge in [0.15, 0.2) is 5.82 Å². The van der Waals surface area contributed by atoms with E-state index in [1.54, 1.807) is 0 Å². The molecule has 1 fully saturated rings. The van der Waals surface area contributed by atoms with E-state index in [4.69, 9.17) is 11.6 Å². The summed E-state index contributed by atoms with van der Waals surface area (Å²) in [6.45, 7) is 4.46. The summed E-state index contributed by atoms with van der Waals surface area (Å²) in [6.07, 6.45) is 1.19. The topological polar surface area (TPSA) is 41.6 Å². The van der Waals surface area contributed by atoms with Gasteiger partial charge in [0, 0.05) is 5.92 Å². The lowest BCUT2D eigenvalue weighted by Gasteiger charge is -1.96. The number of hydrogen-bond donors (Lipinski definition) is 1. The Balaban J connectivity index is 2.15. The molecule has 66 valence electrons. The van der Waals surface area contributed by atoms with E-state index in [0.29, 0.717) is 17.2 Å². The average Bonchev–Trinajstić information content (AvgIpc) is 2.52. The lowest BCUT2D eigenvalue weighted by Crippen LogP contribution is -1.92. The van der Waals surface area contributed by atoms with Crippen molar-refractivity contribution in [3.63, 3.8) is 0 Å². The standard InChI is InChI=1S/C8H12ClN3/c1-8(2)3-5(8)7-10-6(4-9)11-12-7/h5H,3-4H2,1-2H3,(H,10,11,12). The van der Waals surface area contributed by atoms with Crippen molar-refractivity contribution < 1.29 is 0 Å². The van der Waals surface area contributed by atoms with Crippen molar-refractivity contribution in [1.82, 2.24) is 15.2 Å². The molecule has 1 N–H and O–H groups in total. The van der Waals surface area contributed by atoms with Gasteiger partial charge in [-0.15, -0.1) is 11.6 Å². The molecule has 1 aromatic rings. The normalized spacial score (nSPS) is 25.8. The molecule has 0 spiro atoms. The predicted octanol–water partition coefficient (Wildman–Crippen LogP) is 2.06. The third-order valence-electron chi connectivity index (χ3n) is 2.50. The van der Waals surface area contributed by atoms with Crippen LogP contribution in [0.25, 0.3) is 0 Å². The van der Waals surface area contributed by atoms with Gasteiger partial charge in [-0.2, -0.15) is 5.10 Å². The van der Waals surface area contributed by atoms with Crippen LogP contribution >= 0.6 is 11.6 Å². The smallest absolute Gasteiger partial charge is 0.154 e. The van der Waals surface area contributed by atoms with E-state index in [1.807, 2.05) is 0 Å². The van der Waals surface area contributed by atoms with Crippen LogP contribution in [-0.2, 0) is 5.88 Å². The Labute approximate surface area is 76.5 Å². The van der Waals surface area contributed by atoms with E-state index in [1.165, 1.54) is 6.42 Å². The largest absolute Gasteiger partial charge is 0.262 e. The van der Waals surface area contributed by atoms with Crippen LogP contribution in [0, 0.1) is 5.41 Å². The van der Waals surface area contributed by atoms with E-state index in [0.717, 1.165) is 11.6 Å². The summed E-state index contributed by atoms with van der Waals surface area (Å²) in [5.41, 5.74) is 0.395. The molecule has 4 heteroatoms. The number of alkyl halides is 1. The molecule has 0 aromatic carbocycles. The second-order valence-corrected chi connectivity index (χ2v) is 4.29. The summed E-state index contributed by atoms with van der Waals surface area (Å²) in [7, 11) is 0. The molecule has 3 nitrogen and oxygen atoms in total. The van der Waals surface area contributed by atoms with Crippen LogP contribution < -0.4 is 0 Å². The zero-order chi connectivity index (χ0) is 8.77. The zero-order valence-corrected chi connectivity index (χ0v) is 8.02. The Morgan fingerprint density at radius 3 is 2.75 bits per heavy atom. The molecule has 1 aromatic heterocycles. The molecule has 1 atom stereocenters. The Hall–Kier alpha value is -0.570. The van der Waals surface area contributed by atoms with Crippen molar-refractivity contribution in [3.05, 3.63) is 11.6 Å². The van der Waals surface area contributed by atoms with Crippen molar-refractivity contribution in [3.8, 4) is 0 Å². The van der Waals surface area contributed by atoms with Crippen LogP contribution in [0.2, 0.25) is 0 Å². The summed E-state index contributed by atoms with van der Waals surface area (Å²) in [4.78, 5) is 4.29. The molecule has 0 radical (unpaired) electrons. The van der Waals surface area contributed by atoms with Gasteiger partial charge in [-0.3, -0.25) is 5.10 Å².